The van der Waals surface area contributed by atoms with Gasteiger partial charge in [-0.2, -0.15) is 0 Å². The molecule has 0 saturated carbocycles. The van der Waals surface area contributed by atoms with E-state index < -0.39 is 0 Å². The van der Waals surface area contributed by atoms with Crippen molar-refractivity contribution in [1.82, 2.24) is 10.2 Å². The van der Waals surface area contributed by atoms with Crippen LogP contribution in [0, 0.1) is 5.92 Å². The van der Waals surface area contributed by atoms with Crippen LogP contribution in [-0.2, 0) is 9.59 Å². The van der Waals surface area contributed by atoms with Gasteiger partial charge in [-0.15, -0.1) is 24.8 Å². The Hall–Kier alpha value is -1.34. The minimum atomic E-state index is -0.0116. The van der Waals surface area contributed by atoms with Crippen molar-refractivity contribution in [2.45, 2.75) is 12.8 Å². The Morgan fingerprint density at radius 3 is 2.21 bits per heavy atom. The summed E-state index contributed by atoms with van der Waals surface area (Å²) in [5.41, 5.74) is 1.49. The Kier molecular flexibility index (Phi) is 10.6. The SMILES string of the molecule is CN(C)CCC(=O)Nc1ccc(NC(=O)C2CCNC2)cc1.Cl.Cl. The van der Waals surface area contributed by atoms with Gasteiger partial charge in [-0.25, -0.2) is 0 Å². The standard InChI is InChI=1S/C16H24N4O2.2ClH/c1-20(2)10-8-15(21)18-13-3-5-14(6-4-13)19-16(22)12-7-9-17-11-12;;/h3-6,12,17H,7-11H2,1-2H3,(H,18,21)(H,19,22);2*1H. The molecule has 1 unspecified atom stereocenters. The summed E-state index contributed by atoms with van der Waals surface area (Å²) in [4.78, 5) is 25.7. The van der Waals surface area contributed by atoms with E-state index in [4.69, 9.17) is 0 Å². The molecule has 8 heteroatoms. The highest BCUT2D eigenvalue weighted by atomic mass is 35.5. The Morgan fingerprint density at radius 1 is 1.12 bits per heavy atom. The summed E-state index contributed by atoms with van der Waals surface area (Å²) in [6, 6.07) is 7.22. The number of anilines is 2. The van der Waals surface area contributed by atoms with Crippen molar-refractivity contribution >= 4 is 48.0 Å². The number of amides is 2. The number of rotatable bonds is 6. The van der Waals surface area contributed by atoms with E-state index in [1.54, 1.807) is 12.1 Å². The highest BCUT2D eigenvalue weighted by molar-refractivity contribution is 5.94. The molecule has 1 aromatic rings. The molecular weight excluding hydrogens is 351 g/mol. The zero-order valence-corrected chi connectivity index (χ0v) is 15.6. The molecule has 0 spiro atoms. The second-order valence-corrected chi connectivity index (χ2v) is 5.86. The topological polar surface area (TPSA) is 73.5 Å². The number of nitrogens with zero attached hydrogens (tertiary/aromatic N) is 1. The first-order chi connectivity index (χ1) is 10.5. The fourth-order valence-corrected chi connectivity index (χ4v) is 2.31. The summed E-state index contributed by atoms with van der Waals surface area (Å²) < 4.78 is 0. The van der Waals surface area contributed by atoms with E-state index in [1.165, 1.54) is 0 Å². The molecule has 0 bridgehead atoms. The number of hydrogen-bond donors (Lipinski definition) is 3. The Morgan fingerprint density at radius 2 is 1.71 bits per heavy atom. The van der Waals surface area contributed by atoms with Crippen molar-refractivity contribution in [2.24, 2.45) is 5.92 Å². The molecule has 0 aliphatic carbocycles. The molecule has 2 rings (SSSR count). The lowest BCUT2D eigenvalue weighted by atomic mass is 10.1. The molecule has 1 atom stereocenters. The van der Waals surface area contributed by atoms with Gasteiger partial charge in [0.2, 0.25) is 11.8 Å². The van der Waals surface area contributed by atoms with Gasteiger partial charge in [0, 0.05) is 30.9 Å². The van der Waals surface area contributed by atoms with Gasteiger partial charge in [-0.1, -0.05) is 0 Å². The predicted molar refractivity (Wildman–Crippen MR) is 102 cm³/mol. The molecule has 1 saturated heterocycles. The van der Waals surface area contributed by atoms with Gasteiger partial charge in [0.15, 0.2) is 0 Å². The normalized spacial score (nSPS) is 16.0. The zero-order valence-electron chi connectivity index (χ0n) is 14.0. The molecule has 1 fully saturated rings. The predicted octanol–water partition coefficient (Wildman–Crippen LogP) is 1.97. The van der Waals surface area contributed by atoms with Crippen LogP contribution in [0.2, 0.25) is 0 Å². The van der Waals surface area contributed by atoms with E-state index in [1.807, 2.05) is 31.1 Å². The summed E-state index contributed by atoms with van der Waals surface area (Å²) in [5.74, 6) is 0.0840. The number of carbonyl (C=O) groups excluding carboxylic acids is 2. The van der Waals surface area contributed by atoms with Crippen LogP contribution in [0.25, 0.3) is 0 Å². The van der Waals surface area contributed by atoms with Crippen LogP contribution >= 0.6 is 24.8 Å². The number of carbonyl (C=O) groups is 2. The van der Waals surface area contributed by atoms with E-state index in [2.05, 4.69) is 16.0 Å². The maximum atomic E-state index is 12.0. The number of hydrogen-bond acceptors (Lipinski definition) is 4. The largest absolute Gasteiger partial charge is 0.326 e. The maximum absolute atomic E-state index is 12.0. The average molecular weight is 377 g/mol. The summed E-state index contributed by atoms with van der Waals surface area (Å²) in [6.45, 7) is 2.36. The first kappa shape index (κ1) is 22.7. The van der Waals surface area contributed by atoms with Gasteiger partial charge in [0.25, 0.3) is 0 Å². The van der Waals surface area contributed by atoms with Gasteiger partial charge in [0.1, 0.15) is 0 Å². The minimum Gasteiger partial charge on any atom is -0.326 e. The van der Waals surface area contributed by atoms with E-state index >= 15 is 0 Å². The van der Waals surface area contributed by atoms with Crippen LogP contribution < -0.4 is 16.0 Å². The van der Waals surface area contributed by atoms with E-state index in [0.29, 0.717) is 6.42 Å². The maximum Gasteiger partial charge on any atom is 0.228 e. The van der Waals surface area contributed by atoms with Crippen molar-refractivity contribution in [2.75, 3.05) is 44.4 Å². The van der Waals surface area contributed by atoms with Crippen molar-refractivity contribution < 1.29 is 9.59 Å². The molecule has 1 heterocycles. The molecule has 1 aliphatic heterocycles. The fourth-order valence-electron chi connectivity index (χ4n) is 2.31. The second kappa shape index (κ2) is 11.3. The van der Waals surface area contributed by atoms with Gasteiger partial charge >= 0.3 is 0 Å². The van der Waals surface area contributed by atoms with Crippen LogP contribution in [0.4, 0.5) is 11.4 Å². The first-order valence-corrected chi connectivity index (χ1v) is 7.61. The number of nitrogens with one attached hydrogen (secondary N) is 3. The molecule has 0 aromatic heterocycles. The van der Waals surface area contributed by atoms with Gasteiger partial charge in [-0.05, 0) is 51.3 Å². The van der Waals surface area contributed by atoms with Crippen molar-refractivity contribution in [3.63, 3.8) is 0 Å². The van der Waals surface area contributed by atoms with Gasteiger partial charge < -0.3 is 20.9 Å². The number of halogens is 2. The van der Waals surface area contributed by atoms with Crippen LogP contribution in [0.3, 0.4) is 0 Å². The Bertz CT molecular complexity index is 517. The van der Waals surface area contributed by atoms with E-state index in [0.717, 1.165) is 37.4 Å². The highest BCUT2D eigenvalue weighted by Gasteiger charge is 2.22. The minimum absolute atomic E-state index is 0. The van der Waals surface area contributed by atoms with Gasteiger partial charge in [-0.3, -0.25) is 9.59 Å². The molecule has 6 nitrogen and oxygen atoms in total. The van der Waals surface area contributed by atoms with E-state index in [-0.39, 0.29) is 42.5 Å². The third-order valence-electron chi connectivity index (χ3n) is 3.65. The highest BCUT2D eigenvalue weighted by Crippen LogP contribution is 2.16. The fraction of sp³-hybridized carbons (Fsp3) is 0.500. The molecule has 24 heavy (non-hydrogen) atoms. The van der Waals surface area contributed by atoms with Crippen LogP contribution in [0.1, 0.15) is 12.8 Å². The molecular formula is C16H26Cl2N4O2. The van der Waals surface area contributed by atoms with Crippen molar-refractivity contribution in [3.05, 3.63) is 24.3 Å². The monoisotopic (exact) mass is 376 g/mol. The molecule has 2 amide bonds. The van der Waals surface area contributed by atoms with Crippen molar-refractivity contribution in [1.29, 1.82) is 0 Å². The lowest BCUT2D eigenvalue weighted by Gasteiger charge is -2.11. The smallest absolute Gasteiger partial charge is 0.228 e. The zero-order chi connectivity index (χ0) is 15.9. The Labute approximate surface area is 155 Å². The molecule has 1 aromatic carbocycles. The molecule has 3 N–H and O–H groups in total. The number of benzene rings is 1. The Balaban J connectivity index is 0.00000264. The molecule has 0 radical (unpaired) electrons. The summed E-state index contributed by atoms with van der Waals surface area (Å²) >= 11 is 0. The lowest BCUT2D eigenvalue weighted by molar-refractivity contribution is -0.119. The third kappa shape index (κ3) is 7.49. The summed E-state index contributed by atoms with van der Waals surface area (Å²) in [7, 11) is 3.87. The summed E-state index contributed by atoms with van der Waals surface area (Å²) in [5, 5.41) is 8.93. The molecule has 1 aliphatic rings. The second-order valence-electron chi connectivity index (χ2n) is 5.86. The van der Waals surface area contributed by atoms with Crippen molar-refractivity contribution in [3.8, 4) is 0 Å². The lowest BCUT2D eigenvalue weighted by Crippen LogP contribution is -2.24. The van der Waals surface area contributed by atoms with E-state index in [9.17, 15) is 9.59 Å². The van der Waals surface area contributed by atoms with Crippen LogP contribution in [0.5, 0.6) is 0 Å². The van der Waals surface area contributed by atoms with Crippen LogP contribution in [0.15, 0.2) is 24.3 Å². The van der Waals surface area contributed by atoms with Gasteiger partial charge in [0.05, 0.1) is 5.92 Å². The quantitative estimate of drug-likeness (QED) is 0.709. The third-order valence-corrected chi connectivity index (χ3v) is 3.65. The molecule has 136 valence electrons. The first-order valence-electron chi connectivity index (χ1n) is 7.61. The van der Waals surface area contributed by atoms with Crippen LogP contribution in [-0.4, -0.2) is 50.4 Å². The average Bonchev–Trinajstić information content (AvgIpc) is 3.01. The summed E-state index contributed by atoms with van der Waals surface area (Å²) in [6.07, 6.45) is 1.34.